The van der Waals surface area contributed by atoms with Crippen LogP contribution in [0.4, 0.5) is 5.13 Å². The van der Waals surface area contributed by atoms with E-state index in [0.29, 0.717) is 21.6 Å². The molecule has 122 valence electrons. The van der Waals surface area contributed by atoms with E-state index in [2.05, 4.69) is 20.6 Å². The van der Waals surface area contributed by atoms with Gasteiger partial charge in [0, 0.05) is 11.1 Å². The molecule has 5 rings (SSSR count). The minimum Gasteiger partial charge on any atom is -0.457 e. The Morgan fingerprint density at radius 2 is 1.76 bits per heavy atom. The first kappa shape index (κ1) is 14.1. The molecule has 0 aliphatic carbocycles. The van der Waals surface area contributed by atoms with Gasteiger partial charge in [-0.1, -0.05) is 47.7 Å². The Balaban J connectivity index is 1.56. The van der Waals surface area contributed by atoms with E-state index < -0.39 is 5.92 Å². The zero-order chi connectivity index (χ0) is 16.8. The Labute approximate surface area is 145 Å². The second-order valence-electron chi connectivity index (χ2n) is 5.57. The molecule has 0 bridgehead atoms. The maximum Gasteiger partial charge on any atom is 0.238 e. The van der Waals surface area contributed by atoms with E-state index in [1.54, 1.807) is 0 Å². The van der Waals surface area contributed by atoms with E-state index in [1.807, 2.05) is 48.5 Å². The summed E-state index contributed by atoms with van der Waals surface area (Å²) in [6, 6.07) is 15.2. The number of aromatic nitrogens is 4. The number of benzene rings is 2. The van der Waals surface area contributed by atoms with Crippen molar-refractivity contribution in [2.75, 3.05) is 5.32 Å². The first-order valence-corrected chi connectivity index (χ1v) is 8.45. The summed E-state index contributed by atoms with van der Waals surface area (Å²) in [4.78, 5) is 13.7. The number of rotatable bonds is 2. The Kier molecular flexibility index (Phi) is 3.04. The average molecular weight is 349 g/mol. The Morgan fingerprint density at radius 1 is 1.08 bits per heavy atom. The van der Waals surface area contributed by atoms with Crippen molar-refractivity contribution in [1.82, 2.24) is 19.8 Å². The number of para-hydroxylation sites is 2. The van der Waals surface area contributed by atoms with Gasteiger partial charge in [-0.05, 0) is 12.1 Å². The highest BCUT2D eigenvalue weighted by molar-refractivity contribution is 7.20. The van der Waals surface area contributed by atoms with Crippen LogP contribution in [-0.2, 0) is 4.79 Å². The van der Waals surface area contributed by atoms with Crippen LogP contribution in [0.15, 0.2) is 54.9 Å². The lowest BCUT2D eigenvalue weighted by Gasteiger charge is -2.27. The molecular weight excluding hydrogens is 338 g/mol. The lowest BCUT2D eigenvalue weighted by atomic mass is 9.87. The molecule has 3 heterocycles. The van der Waals surface area contributed by atoms with Crippen molar-refractivity contribution >= 4 is 27.3 Å². The van der Waals surface area contributed by atoms with Gasteiger partial charge in [-0.15, -0.1) is 15.3 Å². The molecule has 8 heteroatoms. The summed E-state index contributed by atoms with van der Waals surface area (Å²) in [5, 5.41) is 15.3. The van der Waals surface area contributed by atoms with Crippen molar-refractivity contribution in [1.29, 1.82) is 0 Å². The number of nitrogens with one attached hydrogen (secondary N) is 1. The second kappa shape index (κ2) is 5.38. The summed E-state index contributed by atoms with van der Waals surface area (Å²) in [5.41, 5.74) is 1.67. The van der Waals surface area contributed by atoms with Crippen LogP contribution in [0.3, 0.4) is 0 Å². The van der Waals surface area contributed by atoms with E-state index in [0.717, 1.165) is 11.1 Å². The van der Waals surface area contributed by atoms with Gasteiger partial charge < -0.3 is 4.74 Å². The van der Waals surface area contributed by atoms with Crippen molar-refractivity contribution in [2.24, 2.45) is 0 Å². The molecule has 0 atom stereocenters. The van der Waals surface area contributed by atoms with Gasteiger partial charge in [-0.3, -0.25) is 10.1 Å². The highest BCUT2D eigenvalue weighted by Gasteiger charge is 2.32. The molecule has 1 amide bonds. The molecule has 0 fully saturated rings. The molecule has 2 aromatic heterocycles. The van der Waals surface area contributed by atoms with Crippen LogP contribution >= 0.6 is 11.3 Å². The lowest BCUT2D eigenvalue weighted by Crippen LogP contribution is -2.25. The highest BCUT2D eigenvalue weighted by atomic mass is 32.1. The van der Waals surface area contributed by atoms with Crippen LogP contribution in [0.5, 0.6) is 11.5 Å². The van der Waals surface area contributed by atoms with Gasteiger partial charge in [0.2, 0.25) is 16.0 Å². The predicted octanol–water partition coefficient (Wildman–Crippen LogP) is 3.06. The molecule has 0 saturated carbocycles. The standard InChI is InChI=1S/C17H11N5O2S/c23-15(19-16-21-22-9-18-20-17(22)25-16)14-10-5-1-3-7-12(10)24-13-8-4-2-6-11(13)14/h1-9,14H,(H,19,21,23). The zero-order valence-corrected chi connectivity index (χ0v) is 13.6. The minimum atomic E-state index is -0.463. The van der Waals surface area contributed by atoms with Crippen LogP contribution in [0, 0.1) is 0 Å². The quantitative estimate of drug-likeness (QED) is 0.601. The van der Waals surface area contributed by atoms with Crippen molar-refractivity contribution in [2.45, 2.75) is 5.92 Å². The fourth-order valence-corrected chi connectivity index (χ4v) is 3.70. The maximum atomic E-state index is 13.0. The van der Waals surface area contributed by atoms with Crippen molar-refractivity contribution < 1.29 is 9.53 Å². The molecule has 1 aliphatic rings. The molecule has 1 N–H and O–H groups in total. The number of ether oxygens (including phenoxy) is 1. The van der Waals surface area contributed by atoms with Gasteiger partial charge in [0.1, 0.15) is 17.8 Å². The van der Waals surface area contributed by atoms with E-state index in [1.165, 1.54) is 22.2 Å². The number of anilines is 1. The Hall–Kier alpha value is -3.26. The SMILES string of the molecule is O=C(Nc1nn2cnnc2s1)C1c2ccccc2Oc2ccccc21. The Bertz CT molecular complexity index is 1030. The van der Waals surface area contributed by atoms with Gasteiger partial charge in [0.25, 0.3) is 0 Å². The molecule has 2 aromatic carbocycles. The topological polar surface area (TPSA) is 81.4 Å². The number of carbonyl (C=O) groups is 1. The highest BCUT2D eigenvalue weighted by Crippen LogP contribution is 2.44. The summed E-state index contributed by atoms with van der Waals surface area (Å²) < 4.78 is 7.46. The fraction of sp³-hybridized carbons (Fsp3) is 0.0588. The second-order valence-corrected chi connectivity index (χ2v) is 6.52. The molecule has 7 nitrogen and oxygen atoms in total. The summed E-state index contributed by atoms with van der Waals surface area (Å²) >= 11 is 1.27. The first-order valence-electron chi connectivity index (χ1n) is 7.63. The van der Waals surface area contributed by atoms with Gasteiger partial charge in [0.05, 0.1) is 5.92 Å². The predicted molar refractivity (Wildman–Crippen MR) is 92.1 cm³/mol. The third-order valence-electron chi connectivity index (χ3n) is 4.06. The number of amides is 1. The third-order valence-corrected chi connectivity index (χ3v) is 4.89. The van der Waals surface area contributed by atoms with E-state index >= 15 is 0 Å². The van der Waals surface area contributed by atoms with Crippen LogP contribution in [0.25, 0.3) is 4.96 Å². The normalized spacial score (nSPS) is 13.1. The maximum absolute atomic E-state index is 13.0. The van der Waals surface area contributed by atoms with Crippen molar-refractivity contribution in [3.8, 4) is 11.5 Å². The summed E-state index contributed by atoms with van der Waals surface area (Å²) in [6.07, 6.45) is 1.50. The number of hydrogen-bond donors (Lipinski definition) is 1. The molecule has 0 saturated heterocycles. The molecule has 25 heavy (non-hydrogen) atoms. The lowest BCUT2D eigenvalue weighted by molar-refractivity contribution is -0.116. The van der Waals surface area contributed by atoms with Gasteiger partial charge in [-0.25, -0.2) is 0 Å². The van der Waals surface area contributed by atoms with Gasteiger partial charge in [-0.2, -0.15) is 4.52 Å². The van der Waals surface area contributed by atoms with Crippen LogP contribution in [-0.4, -0.2) is 25.7 Å². The number of carbonyl (C=O) groups excluding carboxylic acids is 1. The van der Waals surface area contributed by atoms with Crippen molar-refractivity contribution in [3.63, 3.8) is 0 Å². The van der Waals surface area contributed by atoms with Crippen LogP contribution in [0.1, 0.15) is 17.0 Å². The molecule has 4 aromatic rings. The summed E-state index contributed by atoms with van der Waals surface area (Å²) in [7, 11) is 0. The molecule has 0 unspecified atom stereocenters. The van der Waals surface area contributed by atoms with Gasteiger partial charge in [0.15, 0.2) is 0 Å². The monoisotopic (exact) mass is 349 g/mol. The molecular formula is C17H11N5O2S. The number of hydrogen-bond acceptors (Lipinski definition) is 6. The third kappa shape index (κ3) is 2.26. The van der Waals surface area contributed by atoms with E-state index in [-0.39, 0.29) is 5.91 Å². The number of fused-ring (bicyclic) bond motifs is 3. The number of nitrogens with zero attached hydrogens (tertiary/aromatic N) is 4. The van der Waals surface area contributed by atoms with Gasteiger partial charge >= 0.3 is 0 Å². The Morgan fingerprint density at radius 3 is 2.44 bits per heavy atom. The van der Waals surface area contributed by atoms with Crippen LogP contribution < -0.4 is 10.1 Å². The molecule has 1 aliphatic heterocycles. The van der Waals surface area contributed by atoms with E-state index in [9.17, 15) is 4.79 Å². The molecule has 0 spiro atoms. The average Bonchev–Trinajstić information content (AvgIpc) is 3.21. The van der Waals surface area contributed by atoms with Crippen LogP contribution in [0.2, 0.25) is 0 Å². The zero-order valence-electron chi connectivity index (χ0n) is 12.8. The largest absolute Gasteiger partial charge is 0.457 e. The van der Waals surface area contributed by atoms with Crippen molar-refractivity contribution in [3.05, 3.63) is 66.0 Å². The summed E-state index contributed by atoms with van der Waals surface area (Å²) in [5.74, 6) is 0.766. The summed E-state index contributed by atoms with van der Waals surface area (Å²) in [6.45, 7) is 0. The van der Waals surface area contributed by atoms with E-state index in [4.69, 9.17) is 4.74 Å². The fourth-order valence-electron chi connectivity index (χ4n) is 2.98. The smallest absolute Gasteiger partial charge is 0.238 e. The minimum absolute atomic E-state index is 0.159. The first-order chi connectivity index (χ1) is 12.3. The molecule has 0 radical (unpaired) electrons.